The van der Waals surface area contributed by atoms with Gasteiger partial charge < -0.3 is 19.5 Å². The number of methoxy groups -OCH3 is 2. The number of alkyl halides is 3. The SMILES string of the molecule is COc1cc(C(=S)N2C[C@@H](O)C[C@@H]2C(=O)NO)cc(C(F)(F)F)c1OC. The molecule has 1 aliphatic rings. The van der Waals surface area contributed by atoms with Gasteiger partial charge in [-0.25, -0.2) is 5.48 Å². The lowest BCUT2D eigenvalue weighted by Crippen LogP contribution is -2.44. The van der Waals surface area contributed by atoms with Crippen LogP contribution in [0.25, 0.3) is 0 Å². The van der Waals surface area contributed by atoms with Crippen LogP contribution < -0.4 is 15.0 Å². The molecule has 1 aliphatic heterocycles. The lowest BCUT2D eigenvalue weighted by atomic mass is 10.1. The number of benzene rings is 1. The lowest BCUT2D eigenvalue weighted by Gasteiger charge is -2.26. The van der Waals surface area contributed by atoms with Crippen LogP contribution in [0.15, 0.2) is 12.1 Å². The highest BCUT2D eigenvalue weighted by atomic mass is 32.1. The number of aliphatic hydroxyl groups excluding tert-OH is 1. The molecule has 2 rings (SSSR count). The van der Waals surface area contributed by atoms with Gasteiger partial charge >= 0.3 is 6.18 Å². The molecule has 1 amide bonds. The molecular formula is C15H17F3N2O5S. The number of carbonyl (C=O) groups excluding carboxylic acids is 1. The van der Waals surface area contributed by atoms with Crippen molar-refractivity contribution in [3.63, 3.8) is 0 Å². The molecule has 1 saturated heterocycles. The number of β-amino-alcohol motifs (C(OH)–C–C–N with tert-alkyl or cyclic N) is 1. The molecule has 11 heteroatoms. The van der Waals surface area contributed by atoms with E-state index >= 15 is 0 Å². The average molecular weight is 394 g/mol. The van der Waals surface area contributed by atoms with E-state index in [4.69, 9.17) is 26.9 Å². The molecule has 0 spiro atoms. The molecule has 2 atom stereocenters. The highest BCUT2D eigenvalue weighted by molar-refractivity contribution is 7.80. The summed E-state index contributed by atoms with van der Waals surface area (Å²) in [5, 5.41) is 18.6. The Morgan fingerprint density at radius 2 is 2.00 bits per heavy atom. The number of nitrogens with zero attached hydrogens (tertiary/aromatic N) is 1. The van der Waals surface area contributed by atoms with Crippen LogP contribution in [0.3, 0.4) is 0 Å². The van der Waals surface area contributed by atoms with Gasteiger partial charge in [0, 0.05) is 18.5 Å². The molecule has 0 aliphatic carbocycles. The number of nitrogens with one attached hydrogen (secondary N) is 1. The van der Waals surface area contributed by atoms with E-state index in [0.29, 0.717) is 0 Å². The van der Waals surface area contributed by atoms with Crippen LogP contribution in [-0.2, 0) is 11.0 Å². The summed E-state index contributed by atoms with van der Waals surface area (Å²) in [6.07, 6.45) is -5.67. The maximum atomic E-state index is 13.4. The third kappa shape index (κ3) is 3.84. The normalized spacial score (nSPS) is 20.0. The van der Waals surface area contributed by atoms with E-state index in [-0.39, 0.29) is 29.3 Å². The van der Waals surface area contributed by atoms with E-state index < -0.39 is 35.5 Å². The zero-order chi connectivity index (χ0) is 19.6. The van der Waals surface area contributed by atoms with Crippen molar-refractivity contribution in [1.29, 1.82) is 0 Å². The second-order valence-electron chi connectivity index (χ2n) is 5.60. The smallest absolute Gasteiger partial charge is 0.420 e. The summed E-state index contributed by atoms with van der Waals surface area (Å²) in [4.78, 5) is 12.9. The molecule has 144 valence electrons. The number of hydroxylamine groups is 1. The molecule has 0 radical (unpaired) electrons. The van der Waals surface area contributed by atoms with Crippen LogP contribution in [0.4, 0.5) is 13.2 Å². The van der Waals surface area contributed by atoms with E-state index in [1.54, 1.807) is 0 Å². The number of carbonyl (C=O) groups is 1. The highest BCUT2D eigenvalue weighted by Crippen LogP contribution is 2.43. The summed E-state index contributed by atoms with van der Waals surface area (Å²) in [6.45, 7) is -0.0629. The Morgan fingerprint density at radius 3 is 2.50 bits per heavy atom. The molecule has 0 bridgehead atoms. The van der Waals surface area contributed by atoms with Crippen LogP contribution in [0.5, 0.6) is 11.5 Å². The minimum Gasteiger partial charge on any atom is -0.493 e. The molecule has 1 aromatic rings. The van der Waals surface area contributed by atoms with Crippen LogP contribution in [0, 0.1) is 0 Å². The summed E-state index contributed by atoms with van der Waals surface area (Å²) in [6, 6.07) is 1.04. The van der Waals surface area contributed by atoms with Gasteiger partial charge in [-0.2, -0.15) is 13.2 Å². The fourth-order valence-electron chi connectivity index (χ4n) is 2.83. The van der Waals surface area contributed by atoms with Crippen molar-refractivity contribution < 1.29 is 37.8 Å². The van der Waals surface area contributed by atoms with Crippen LogP contribution >= 0.6 is 12.2 Å². The molecule has 0 aromatic heterocycles. The van der Waals surface area contributed by atoms with Gasteiger partial charge in [0.05, 0.1) is 20.3 Å². The van der Waals surface area contributed by atoms with Gasteiger partial charge in [0.15, 0.2) is 11.5 Å². The van der Waals surface area contributed by atoms with Gasteiger partial charge in [-0.05, 0) is 12.1 Å². The molecule has 1 fully saturated rings. The third-order valence-electron chi connectivity index (χ3n) is 3.98. The number of rotatable bonds is 4. The molecule has 3 N–H and O–H groups in total. The maximum absolute atomic E-state index is 13.4. The van der Waals surface area contributed by atoms with Crippen molar-refractivity contribution in [2.24, 2.45) is 0 Å². The summed E-state index contributed by atoms with van der Waals surface area (Å²) in [5.41, 5.74) is 0.348. The minimum absolute atomic E-state index is 0.0219. The van der Waals surface area contributed by atoms with E-state index in [0.717, 1.165) is 13.2 Å². The third-order valence-corrected chi connectivity index (χ3v) is 4.45. The molecular weight excluding hydrogens is 377 g/mol. The van der Waals surface area contributed by atoms with Gasteiger partial charge in [-0.1, -0.05) is 12.2 Å². The van der Waals surface area contributed by atoms with E-state index in [1.807, 2.05) is 0 Å². The van der Waals surface area contributed by atoms with Gasteiger partial charge in [0.25, 0.3) is 5.91 Å². The predicted molar refractivity (Wildman–Crippen MR) is 87.3 cm³/mol. The maximum Gasteiger partial charge on any atom is 0.420 e. The fourth-order valence-corrected chi connectivity index (χ4v) is 3.15. The van der Waals surface area contributed by atoms with Crippen molar-refractivity contribution in [2.45, 2.75) is 24.7 Å². The number of halogens is 3. The zero-order valence-corrected chi connectivity index (χ0v) is 14.6. The molecule has 1 aromatic carbocycles. The Morgan fingerprint density at radius 1 is 1.35 bits per heavy atom. The van der Waals surface area contributed by atoms with Gasteiger partial charge in [-0.15, -0.1) is 0 Å². The Kier molecular flexibility index (Phi) is 5.94. The minimum atomic E-state index is -4.73. The summed E-state index contributed by atoms with van der Waals surface area (Å²) in [7, 11) is 2.27. The quantitative estimate of drug-likeness (QED) is 0.403. The number of thiocarbonyl (C=S) groups is 1. The first-order valence-electron chi connectivity index (χ1n) is 7.40. The Balaban J connectivity index is 2.50. The standard InChI is InChI=1S/C15H17F3N2O5S/c1-24-11-4-7(3-9(12(11)25-2)15(16,17)18)14(26)20-6-8(21)5-10(20)13(22)19-23/h3-4,8,10,21,23H,5-6H2,1-2H3,(H,19,22)/t8-,10+/m0/s1. The molecule has 1 heterocycles. The summed E-state index contributed by atoms with van der Waals surface area (Å²) < 4.78 is 49.9. The van der Waals surface area contributed by atoms with Crippen LogP contribution in [0.1, 0.15) is 17.5 Å². The van der Waals surface area contributed by atoms with Gasteiger partial charge in [0.2, 0.25) is 0 Å². The summed E-state index contributed by atoms with van der Waals surface area (Å²) >= 11 is 5.24. The summed E-state index contributed by atoms with van der Waals surface area (Å²) in [5.74, 6) is -1.49. The van der Waals surface area contributed by atoms with Gasteiger partial charge in [0.1, 0.15) is 16.6 Å². The lowest BCUT2D eigenvalue weighted by molar-refractivity contribution is -0.139. The van der Waals surface area contributed by atoms with Gasteiger partial charge in [-0.3, -0.25) is 10.0 Å². The van der Waals surface area contributed by atoms with E-state index in [1.165, 1.54) is 23.6 Å². The van der Waals surface area contributed by atoms with E-state index in [2.05, 4.69) is 0 Å². The van der Waals surface area contributed by atoms with Crippen LogP contribution in [-0.4, -0.2) is 59.0 Å². The highest BCUT2D eigenvalue weighted by Gasteiger charge is 2.40. The fraction of sp³-hybridized carbons (Fsp3) is 0.467. The number of ether oxygens (including phenoxy) is 2. The van der Waals surface area contributed by atoms with Crippen molar-refractivity contribution in [1.82, 2.24) is 10.4 Å². The molecule has 0 saturated carbocycles. The first-order valence-corrected chi connectivity index (χ1v) is 7.81. The van der Waals surface area contributed by atoms with Crippen molar-refractivity contribution in [2.75, 3.05) is 20.8 Å². The molecule has 7 nitrogen and oxygen atoms in total. The van der Waals surface area contributed by atoms with Crippen LogP contribution in [0.2, 0.25) is 0 Å². The second kappa shape index (κ2) is 7.64. The van der Waals surface area contributed by atoms with Crippen molar-refractivity contribution in [3.05, 3.63) is 23.3 Å². The molecule has 0 unspecified atom stereocenters. The average Bonchev–Trinajstić information content (AvgIpc) is 2.99. The van der Waals surface area contributed by atoms with Crippen molar-refractivity contribution >= 4 is 23.1 Å². The first-order chi connectivity index (χ1) is 12.1. The largest absolute Gasteiger partial charge is 0.493 e. The number of amides is 1. The first kappa shape index (κ1) is 20.2. The van der Waals surface area contributed by atoms with E-state index in [9.17, 15) is 23.1 Å². The number of aliphatic hydroxyl groups is 1. The molecule has 26 heavy (non-hydrogen) atoms. The predicted octanol–water partition coefficient (Wildman–Crippen LogP) is 1.34. The number of hydrogen-bond acceptors (Lipinski definition) is 6. The Labute approximate surface area is 152 Å². The number of hydrogen-bond donors (Lipinski definition) is 3. The second-order valence-corrected chi connectivity index (χ2v) is 5.98. The Hall–Kier alpha value is -2.11. The number of likely N-dealkylation sites (tertiary alicyclic amines) is 1. The monoisotopic (exact) mass is 394 g/mol. The zero-order valence-electron chi connectivity index (χ0n) is 13.8. The van der Waals surface area contributed by atoms with Crippen molar-refractivity contribution in [3.8, 4) is 11.5 Å². The topological polar surface area (TPSA) is 91.3 Å². The Bertz CT molecular complexity index is 713.